The van der Waals surface area contributed by atoms with Crippen molar-refractivity contribution in [2.45, 2.75) is 24.3 Å². The van der Waals surface area contributed by atoms with Crippen molar-refractivity contribution in [3.63, 3.8) is 0 Å². The zero-order chi connectivity index (χ0) is 18.7. The van der Waals surface area contributed by atoms with Gasteiger partial charge in [-0.2, -0.15) is 4.31 Å². The van der Waals surface area contributed by atoms with Crippen LogP contribution in [0.1, 0.15) is 24.2 Å². The number of sulfonamides is 1. The number of morpholine rings is 1. The fraction of sp³-hybridized carbons (Fsp3) is 0.588. The first-order chi connectivity index (χ1) is 11.6. The molecule has 140 valence electrons. The number of carbonyl (C=O) groups excluding carboxylic acids is 1. The predicted molar refractivity (Wildman–Crippen MR) is 96.1 cm³/mol. The summed E-state index contributed by atoms with van der Waals surface area (Å²) in [6.45, 7) is 6.07. The molecule has 7 nitrogen and oxygen atoms in total. The van der Waals surface area contributed by atoms with Crippen molar-refractivity contribution in [1.29, 1.82) is 0 Å². The van der Waals surface area contributed by atoms with Gasteiger partial charge in [0, 0.05) is 30.7 Å². The third-order valence-corrected chi connectivity index (χ3v) is 6.53. The van der Waals surface area contributed by atoms with Crippen LogP contribution in [0.15, 0.2) is 29.2 Å². The Morgan fingerprint density at radius 2 is 1.76 bits per heavy atom. The molecule has 1 heterocycles. The molecule has 0 bridgehead atoms. The first-order valence-electron chi connectivity index (χ1n) is 8.28. The molecular formula is C17H27N3O4S. The van der Waals surface area contributed by atoms with Gasteiger partial charge in [-0.25, -0.2) is 8.42 Å². The van der Waals surface area contributed by atoms with E-state index in [1.807, 2.05) is 32.8 Å². The number of nitrogens with one attached hydrogen (secondary N) is 1. The number of amides is 1. The number of benzene rings is 1. The SMILES string of the molecule is CN(C)C(C)(C)CNC(=O)c1ccc(S(=O)(=O)N2CCOCC2)cc1. The molecule has 0 aromatic heterocycles. The highest BCUT2D eigenvalue weighted by atomic mass is 32.2. The molecule has 8 heteroatoms. The highest BCUT2D eigenvalue weighted by molar-refractivity contribution is 7.89. The van der Waals surface area contributed by atoms with Gasteiger partial charge in [0.2, 0.25) is 10.0 Å². The summed E-state index contributed by atoms with van der Waals surface area (Å²) in [5.41, 5.74) is 0.269. The summed E-state index contributed by atoms with van der Waals surface area (Å²) in [6.07, 6.45) is 0. The standard InChI is InChI=1S/C17H27N3O4S/c1-17(2,19(3)4)13-18-16(21)14-5-7-15(8-6-14)25(22,23)20-9-11-24-12-10-20/h5-8H,9-13H2,1-4H3,(H,18,21). The van der Waals surface area contributed by atoms with Crippen LogP contribution >= 0.6 is 0 Å². The molecule has 1 amide bonds. The number of hydrogen-bond donors (Lipinski definition) is 1. The van der Waals surface area contributed by atoms with Gasteiger partial charge < -0.3 is 15.0 Å². The molecule has 1 N–H and O–H groups in total. The van der Waals surface area contributed by atoms with E-state index < -0.39 is 10.0 Å². The van der Waals surface area contributed by atoms with Crippen LogP contribution in [0.3, 0.4) is 0 Å². The zero-order valence-corrected chi connectivity index (χ0v) is 16.1. The lowest BCUT2D eigenvalue weighted by Crippen LogP contribution is -2.48. The van der Waals surface area contributed by atoms with Crippen molar-refractivity contribution in [2.24, 2.45) is 0 Å². The number of carbonyl (C=O) groups is 1. The lowest BCUT2D eigenvalue weighted by Gasteiger charge is -2.32. The highest BCUT2D eigenvalue weighted by Crippen LogP contribution is 2.18. The molecule has 2 rings (SSSR count). The minimum absolute atomic E-state index is 0.171. The second-order valence-electron chi connectivity index (χ2n) is 6.93. The van der Waals surface area contributed by atoms with Gasteiger partial charge in [-0.05, 0) is 52.2 Å². The van der Waals surface area contributed by atoms with Crippen molar-refractivity contribution in [2.75, 3.05) is 46.9 Å². The molecule has 1 aromatic carbocycles. The average Bonchev–Trinajstić information content (AvgIpc) is 2.60. The van der Waals surface area contributed by atoms with Crippen LogP contribution in [0.5, 0.6) is 0 Å². The van der Waals surface area contributed by atoms with Crippen LogP contribution < -0.4 is 5.32 Å². The number of likely N-dealkylation sites (N-methyl/N-ethyl adjacent to an activating group) is 1. The Hall–Kier alpha value is -1.48. The van der Waals surface area contributed by atoms with Crippen molar-refractivity contribution >= 4 is 15.9 Å². The second-order valence-corrected chi connectivity index (χ2v) is 8.87. The summed E-state index contributed by atoms with van der Waals surface area (Å²) in [4.78, 5) is 14.5. The molecule has 0 unspecified atom stereocenters. The first-order valence-corrected chi connectivity index (χ1v) is 9.72. The van der Waals surface area contributed by atoms with E-state index in [9.17, 15) is 13.2 Å². The molecule has 1 saturated heterocycles. The molecule has 1 fully saturated rings. The number of rotatable bonds is 6. The number of hydrogen-bond acceptors (Lipinski definition) is 5. The van der Waals surface area contributed by atoms with Crippen molar-refractivity contribution < 1.29 is 17.9 Å². The van der Waals surface area contributed by atoms with Crippen LogP contribution in [-0.2, 0) is 14.8 Å². The van der Waals surface area contributed by atoms with Gasteiger partial charge in [-0.1, -0.05) is 0 Å². The molecule has 0 spiro atoms. The third kappa shape index (κ3) is 4.78. The summed E-state index contributed by atoms with van der Waals surface area (Å²) in [5, 5.41) is 2.89. The molecule has 1 aliphatic heterocycles. The Bertz CT molecular complexity index is 693. The van der Waals surface area contributed by atoms with E-state index in [0.29, 0.717) is 38.4 Å². The summed E-state index contributed by atoms with van der Waals surface area (Å²) in [6, 6.07) is 6.06. The highest BCUT2D eigenvalue weighted by Gasteiger charge is 2.26. The fourth-order valence-corrected chi connectivity index (χ4v) is 3.68. The number of ether oxygens (including phenoxy) is 1. The van der Waals surface area contributed by atoms with Gasteiger partial charge >= 0.3 is 0 Å². The average molecular weight is 369 g/mol. The molecule has 0 radical (unpaired) electrons. The lowest BCUT2D eigenvalue weighted by molar-refractivity contribution is 0.0730. The van der Waals surface area contributed by atoms with E-state index >= 15 is 0 Å². The van der Waals surface area contributed by atoms with Gasteiger partial charge in [0.15, 0.2) is 0 Å². The maximum atomic E-state index is 12.6. The number of nitrogens with zero attached hydrogens (tertiary/aromatic N) is 2. The zero-order valence-electron chi connectivity index (χ0n) is 15.3. The van der Waals surface area contributed by atoms with Gasteiger partial charge in [0.05, 0.1) is 18.1 Å². The Morgan fingerprint density at radius 1 is 1.20 bits per heavy atom. The van der Waals surface area contributed by atoms with Gasteiger partial charge in [-0.15, -0.1) is 0 Å². The Kier molecular flexibility index (Phi) is 6.21. The summed E-state index contributed by atoms with van der Waals surface area (Å²) < 4.78 is 31.7. The Balaban J connectivity index is 2.05. The van der Waals surface area contributed by atoms with E-state index in [1.54, 1.807) is 12.1 Å². The van der Waals surface area contributed by atoms with Crippen LogP contribution in [0.25, 0.3) is 0 Å². The monoisotopic (exact) mass is 369 g/mol. The maximum Gasteiger partial charge on any atom is 0.251 e. The van der Waals surface area contributed by atoms with Crippen LogP contribution in [-0.4, -0.2) is 76.0 Å². The molecule has 1 aromatic rings. The van der Waals surface area contributed by atoms with E-state index in [-0.39, 0.29) is 16.3 Å². The largest absolute Gasteiger partial charge is 0.379 e. The van der Waals surface area contributed by atoms with Gasteiger partial charge in [-0.3, -0.25) is 4.79 Å². The van der Waals surface area contributed by atoms with Gasteiger partial charge in [0.1, 0.15) is 0 Å². The second kappa shape index (κ2) is 7.82. The van der Waals surface area contributed by atoms with E-state index in [1.165, 1.54) is 16.4 Å². The lowest BCUT2D eigenvalue weighted by atomic mass is 10.0. The predicted octanol–water partition coefficient (Wildman–Crippen LogP) is 0.778. The van der Waals surface area contributed by atoms with E-state index in [2.05, 4.69) is 5.32 Å². The van der Waals surface area contributed by atoms with E-state index in [0.717, 1.165) is 0 Å². The topological polar surface area (TPSA) is 79.0 Å². The molecular weight excluding hydrogens is 342 g/mol. The normalized spacial score (nSPS) is 16.8. The van der Waals surface area contributed by atoms with Crippen molar-refractivity contribution in [3.05, 3.63) is 29.8 Å². The minimum Gasteiger partial charge on any atom is -0.379 e. The first kappa shape index (κ1) is 19.8. The Morgan fingerprint density at radius 3 is 2.28 bits per heavy atom. The molecule has 0 aliphatic carbocycles. The summed E-state index contributed by atoms with van der Waals surface area (Å²) >= 11 is 0. The quantitative estimate of drug-likeness (QED) is 0.802. The van der Waals surface area contributed by atoms with Crippen molar-refractivity contribution in [3.8, 4) is 0 Å². The van der Waals surface area contributed by atoms with Crippen molar-refractivity contribution in [1.82, 2.24) is 14.5 Å². The van der Waals surface area contributed by atoms with Gasteiger partial charge in [0.25, 0.3) is 5.91 Å². The molecule has 25 heavy (non-hydrogen) atoms. The smallest absolute Gasteiger partial charge is 0.251 e. The van der Waals surface area contributed by atoms with Crippen LogP contribution in [0.2, 0.25) is 0 Å². The Labute approximate surface area is 150 Å². The van der Waals surface area contributed by atoms with Crippen LogP contribution in [0, 0.1) is 0 Å². The summed E-state index contributed by atoms with van der Waals surface area (Å²) in [5.74, 6) is -0.217. The molecule has 1 aliphatic rings. The third-order valence-electron chi connectivity index (χ3n) is 4.62. The molecule has 0 atom stereocenters. The molecule has 0 saturated carbocycles. The minimum atomic E-state index is -3.54. The fourth-order valence-electron chi connectivity index (χ4n) is 2.27. The summed E-state index contributed by atoms with van der Waals surface area (Å²) in [7, 11) is 0.375. The maximum absolute atomic E-state index is 12.6. The van der Waals surface area contributed by atoms with E-state index in [4.69, 9.17) is 4.74 Å². The van der Waals surface area contributed by atoms with Crippen LogP contribution in [0.4, 0.5) is 0 Å².